The zero-order valence-electron chi connectivity index (χ0n) is 8.41. The van der Waals surface area contributed by atoms with Gasteiger partial charge in [-0.25, -0.2) is 4.98 Å². The molecule has 2 N–H and O–H groups in total. The van der Waals surface area contributed by atoms with Crippen molar-refractivity contribution in [3.8, 4) is 0 Å². The predicted molar refractivity (Wildman–Crippen MR) is 63.1 cm³/mol. The van der Waals surface area contributed by atoms with Gasteiger partial charge in [-0.2, -0.15) is 0 Å². The van der Waals surface area contributed by atoms with Gasteiger partial charge >= 0.3 is 0 Å². The van der Waals surface area contributed by atoms with Gasteiger partial charge in [0.05, 0.1) is 5.52 Å². The minimum Gasteiger partial charge on any atom is -0.371 e. The van der Waals surface area contributed by atoms with E-state index in [1.807, 2.05) is 25.4 Å². The van der Waals surface area contributed by atoms with Crippen LogP contribution in [0.25, 0.3) is 21.8 Å². The van der Waals surface area contributed by atoms with Crippen molar-refractivity contribution in [2.24, 2.45) is 0 Å². The molecule has 0 aliphatic heterocycles. The molecule has 15 heavy (non-hydrogen) atoms. The normalized spacial score (nSPS) is 11.0. The van der Waals surface area contributed by atoms with Gasteiger partial charge in [0.1, 0.15) is 5.82 Å². The van der Waals surface area contributed by atoms with Crippen molar-refractivity contribution in [3.63, 3.8) is 0 Å². The van der Waals surface area contributed by atoms with Crippen molar-refractivity contribution in [1.82, 2.24) is 9.97 Å². The van der Waals surface area contributed by atoms with E-state index >= 15 is 0 Å². The molecule has 3 heteroatoms. The molecular formula is C12H11N3. The van der Waals surface area contributed by atoms with Crippen LogP contribution >= 0.6 is 0 Å². The summed E-state index contributed by atoms with van der Waals surface area (Å²) in [4.78, 5) is 7.65. The molecule has 0 amide bonds. The van der Waals surface area contributed by atoms with Crippen LogP contribution < -0.4 is 5.32 Å². The smallest absolute Gasteiger partial charge is 0.150 e. The van der Waals surface area contributed by atoms with Gasteiger partial charge in [-0.1, -0.05) is 18.2 Å². The maximum Gasteiger partial charge on any atom is 0.150 e. The fraction of sp³-hybridized carbons (Fsp3) is 0.0833. The Bertz CT molecular complexity index is 625. The van der Waals surface area contributed by atoms with Gasteiger partial charge in [0.15, 0.2) is 0 Å². The molecule has 3 rings (SSSR count). The van der Waals surface area contributed by atoms with Crippen LogP contribution in [0.15, 0.2) is 36.5 Å². The Morgan fingerprint density at radius 1 is 1.13 bits per heavy atom. The number of nitrogens with one attached hydrogen (secondary N) is 2. The second kappa shape index (κ2) is 2.98. The maximum absolute atomic E-state index is 4.28. The number of benzene rings is 1. The Morgan fingerprint density at radius 3 is 2.87 bits per heavy atom. The molecule has 0 saturated heterocycles. The van der Waals surface area contributed by atoms with Crippen molar-refractivity contribution >= 4 is 27.6 Å². The van der Waals surface area contributed by atoms with E-state index < -0.39 is 0 Å². The molecule has 0 aliphatic carbocycles. The lowest BCUT2D eigenvalue weighted by molar-refractivity contribution is 1.30. The molecule has 0 spiro atoms. The summed E-state index contributed by atoms with van der Waals surface area (Å²) < 4.78 is 0. The van der Waals surface area contributed by atoms with E-state index in [0.29, 0.717) is 0 Å². The fourth-order valence-corrected chi connectivity index (χ4v) is 1.96. The number of hydrogen-bond donors (Lipinski definition) is 2. The molecule has 0 unspecified atom stereocenters. The van der Waals surface area contributed by atoms with Gasteiger partial charge in [0.25, 0.3) is 0 Å². The number of aromatic amines is 1. The molecular weight excluding hydrogens is 186 g/mol. The van der Waals surface area contributed by atoms with Gasteiger partial charge in [0, 0.05) is 29.5 Å². The number of pyridine rings is 1. The largest absolute Gasteiger partial charge is 0.371 e. The lowest BCUT2D eigenvalue weighted by Crippen LogP contribution is -1.91. The Kier molecular flexibility index (Phi) is 1.65. The lowest BCUT2D eigenvalue weighted by Gasteiger charge is -1.98. The Morgan fingerprint density at radius 2 is 2.00 bits per heavy atom. The van der Waals surface area contributed by atoms with E-state index in [-0.39, 0.29) is 0 Å². The summed E-state index contributed by atoms with van der Waals surface area (Å²) in [6, 6.07) is 10.3. The third kappa shape index (κ3) is 1.09. The Hall–Kier alpha value is -2.03. The van der Waals surface area contributed by atoms with Crippen LogP contribution in [-0.2, 0) is 0 Å². The van der Waals surface area contributed by atoms with Crippen LogP contribution in [0, 0.1) is 0 Å². The minimum atomic E-state index is 0.892. The maximum atomic E-state index is 4.28. The van der Waals surface area contributed by atoms with Gasteiger partial charge in [-0.05, 0) is 12.1 Å². The summed E-state index contributed by atoms with van der Waals surface area (Å²) in [5.41, 5.74) is 2.22. The highest BCUT2D eigenvalue weighted by Crippen LogP contribution is 2.28. The van der Waals surface area contributed by atoms with E-state index in [1.54, 1.807) is 0 Å². The number of H-pyrrole nitrogens is 1. The fourth-order valence-electron chi connectivity index (χ4n) is 1.96. The van der Waals surface area contributed by atoms with Crippen LogP contribution in [0.2, 0.25) is 0 Å². The summed E-state index contributed by atoms with van der Waals surface area (Å²) in [6.07, 6.45) is 1.83. The van der Waals surface area contributed by atoms with E-state index in [2.05, 4.69) is 33.5 Å². The molecule has 0 bridgehead atoms. The predicted octanol–water partition coefficient (Wildman–Crippen LogP) is 2.76. The molecule has 1 aromatic carbocycles. The molecule has 3 nitrogen and oxygen atoms in total. The monoisotopic (exact) mass is 197 g/mol. The molecule has 0 atom stereocenters. The molecule has 0 saturated carbocycles. The molecule has 2 aromatic heterocycles. The number of hydrogen-bond acceptors (Lipinski definition) is 2. The quantitative estimate of drug-likeness (QED) is 0.629. The summed E-state index contributed by atoms with van der Waals surface area (Å²) in [5, 5.41) is 5.54. The minimum absolute atomic E-state index is 0.892. The number of anilines is 1. The van der Waals surface area contributed by atoms with Gasteiger partial charge in [-0.15, -0.1) is 0 Å². The van der Waals surface area contributed by atoms with Crippen LogP contribution in [0.5, 0.6) is 0 Å². The van der Waals surface area contributed by atoms with E-state index in [4.69, 9.17) is 0 Å². The van der Waals surface area contributed by atoms with Crippen molar-refractivity contribution in [3.05, 3.63) is 36.5 Å². The zero-order chi connectivity index (χ0) is 10.3. The first kappa shape index (κ1) is 8.29. The number of rotatable bonds is 1. The first-order chi connectivity index (χ1) is 7.40. The number of para-hydroxylation sites is 1. The summed E-state index contributed by atoms with van der Waals surface area (Å²) in [6.45, 7) is 0. The summed E-state index contributed by atoms with van der Waals surface area (Å²) >= 11 is 0. The molecule has 3 aromatic rings. The lowest BCUT2D eigenvalue weighted by atomic mass is 10.2. The highest BCUT2D eigenvalue weighted by molar-refractivity contribution is 6.10. The molecule has 0 radical (unpaired) electrons. The molecule has 74 valence electrons. The standard InChI is InChI=1S/C12H11N3/c1-13-12-11-9(6-7-14-12)8-4-2-3-5-10(8)15-11/h2-7,15H,1H3,(H,13,14). The topological polar surface area (TPSA) is 40.7 Å². The summed E-state index contributed by atoms with van der Waals surface area (Å²) in [5.74, 6) is 0.892. The van der Waals surface area contributed by atoms with Crippen molar-refractivity contribution in [2.45, 2.75) is 0 Å². The average molecular weight is 197 g/mol. The first-order valence-electron chi connectivity index (χ1n) is 4.93. The van der Waals surface area contributed by atoms with Crippen molar-refractivity contribution in [1.29, 1.82) is 0 Å². The van der Waals surface area contributed by atoms with Crippen molar-refractivity contribution in [2.75, 3.05) is 12.4 Å². The molecule has 0 aliphatic rings. The van der Waals surface area contributed by atoms with Gasteiger partial charge in [-0.3, -0.25) is 0 Å². The number of fused-ring (bicyclic) bond motifs is 3. The van der Waals surface area contributed by atoms with Gasteiger partial charge < -0.3 is 10.3 Å². The SMILES string of the molecule is CNc1nccc2c1[nH]c1ccccc12. The van der Waals surface area contributed by atoms with E-state index in [1.165, 1.54) is 10.8 Å². The van der Waals surface area contributed by atoms with Crippen LogP contribution in [0.1, 0.15) is 0 Å². The molecule has 0 fully saturated rings. The second-order valence-corrected chi connectivity index (χ2v) is 3.50. The first-order valence-corrected chi connectivity index (χ1v) is 4.93. The van der Waals surface area contributed by atoms with E-state index in [0.717, 1.165) is 16.9 Å². The zero-order valence-corrected chi connectivity index (χ0v) is 8.41. The Balaban J connectivity index is 2.53. The van der Waals surface area contributed by atoms with Crippen LogP contribution in [0.3, 0.4) is 0 Å². The van der Waals surface area contributed by atoms with Crippen LogP contribution in [0.4, 0.5) is 5.82 Å². The van der Waals surface area contributed by atoms with E-state index in [9.17, 15) is 0 Å². The second-order valence-electron chi connectivity index (χ2n) is 3.50. The number of nitrogens with zero attached hydrogens (tertiary/aromatic N) is 1. The third-order valence-corrected chi connectivity index (χ3v) is 2.66. The Labute approximate surface area is 87.1 Å². The highest BCUT2D eigenvalue weighted by Gasteiger charge is 2.06. The highest BCUT2D eigenvalue weighted by atomic mass is 15.0. The molecule has 2 heterocycles. The summed E-state index contributed by atoms with van der Waals surface area (Å²) in [7, 11) is 1.88. The van der Waals surface area contributed by atoms with Gasteiger partial charge in [0.2, 0.25) is 0 Å². The third-order valence-electron chi connectivity index (χ3n) is 2.66. The van der Waals surface area contributed by atoms with Crippen molar-refractivity contribution < 1.29 is 0 Å². The average Bonchev–Trinajstić information content (AvgIpc) is 2.67. The number of aromatic nitrogens is 2. The van der Waals surface area contributed by atoms with Crippen LogP contribution in [-0.4, -0.2) is 17.0 Å².